The van der Waals surface area contributed by atoms with Gasteiger partial charge in [0.25, 0.3) is 0 Å². The quantitative estimate of drug-likeness (QED) is 0.600. The van der Waals surface area contributed by atoms with Gasteiger partial charge in [0.1, 0.15) is 11.9 Å². The van der Waals surface area contributed by atoms with E-state index in [1.165, 1.54) is 0 Å². The van der Waals surface area contributed by atoms with Gasteiger partial charge >= 0.3 is 0 Å². The van der Waals surface area contributed by atoms with Crippen molar-refractivity contribution < 1.29 is 10.2 Å². The van der Waals surface area contributed by atoms with Gasteiger partial charge in [-0.25, -0.2) is 0 Å². The zero-order chi connectivity index (χ0) is 8.27. The molecule has 0 spiro atoms. The molecule has 2 heteroatoms. The SMILES string of the molecule is CCC1=CC=CC(O)C(O)=C1. The van der Waals surface area contributed by atoms with Crippen LogP contribution in [0.3, 0.4) is 0 Å². The van der Waals surface area contributed by atoms with E-state index in [4.69, 9.17) is 5.11 Å². The Kier molecular flexibility index (Phi) is 2.49. The minimum Gasteiger partial charge on any atom is -0.509 e. The van der Waals surface area contributed by atoms with Crippen molar-refractivity contribution >= 4 is 0 Å². The third-order valence-corrected chi connectivity index (χ3v) is 1.65. The molecule has 11 heavy (non-hydrogen) atoms. The van der Waals surface area contributed by atoms with Crippen LogP contribution >= 0.6 is 0 Å². The van der Waals surface area contributed by atoms with Crippen LogP contribution in [0, 0.1) is 0 Å². The number of hydrogen-bond donors (Lipinski definition) is 2. The molecule has 0 heterocycles. The summed E-state index contributed by atoms with van der Waals surface area (Å²) in [5.41, 5.74) is 1.02. The van der Waals surface area contributed by atoms with Gasteiger partial charge in [-0.2, -0.15) is 0 Å². The van der Waals surface area contributed by atoms with E-state index < -0.39 is 6.10 Å². The molecule has 0 bridgehead atoms. The predicted molar refractivity (Wildman–Crippen MR) is 44.2 cm³/mol. The molecule has 1 rings (SSSR count). The molecule has 0 aromatic carbocycles. The first-order chi connectivity index (χ1) is 5.24. The van der Waals surface area contributed by atoms with Gasteiger partial charge in [0.15, 0.2) is 0 Å². The predicted octanol–water partition coefficient (Wildman–Crippen LogP) is 1.70. The van der Waals surface area contributed by atoms with E-state index in [1.54, 1.807) is 18.2 Å². The minimum absolute atomic E-state index is 0.0202. The van der Waals surface area contributed by atoms with Crippen LogP contribution in [0.25, 0.3) is 0 Å². The summed E-state index contributed by atoms with van der Waals surface area (Å²) < 4.78 is 0. The summed E-state index contributed by atoms with van der Waals surface area (Å²) in [7, 11) is 0. The summed E-state index contributed by atoms with van der Waals surface area (Å²) in [5, 5.41) is 18.3. The van der Waals surface area contributed by atoms with Crippen molar-refractivity contribution in [1.29, 1.82) is 0 Å². The summed E-state index contributed by atoms with van der Waals surface area (Å²) in [6, 6.07) is 0. The highest BCUT2D eigenvalue weighted by Crippen LogP contribution is 2.12. The Hall–Kier alpha value is -1.02. The standard InChI is InChI=1S/C9H12O2/c1-2-7-4-3-5-8(10)9(11)6-7/h3-6,8,10-11H,2H2,1H3. The van der Waals surface area contributed by atoms with Crippen molar-refractivity contribution in [3.05, 3.63) is 35.6 Å². The van der Waals surface area contributed by atoms with Gasteiger partial charge < -0.3 is 10.2 Å². The normalized spacial score (nSPS) is 24.0. The van der Waals surface area contributed by atoms with Crippen LogP contribution in [0.5, 0.6) is 0 Å². The van der Waals surface area contributed by atoms with Crippen LogP contribution < -0.4 is 0 Å². The van der Waals surface area contributed by atoms with Crippen molar-refractivity contribution in [1.82, 2.24) is 0 Å². The zero-order valence-electron chi connectivity index (χ0n) is 6.49. The Morgan fingerprint density at radius 1 is 1.55 bits per heavy atom. The lowest BCUT2D eigenvalue weighted by atomic mass is 10.2. The molecule has 1 unspecified atom stereocenters. The molecule has 0 radical (unpaired) electrons. The van der Waals surface area contributed by atoms with E-state index in [2.05, 4.69) is 0 Å². The maximum Gasteiger partial charge on any atom is 0.129 e. The summed E-state index contributed by atoms with van der Waals surface area (Å²) >= 11 is 0. The van der Waals surface area contributed by atoms with E-state index in [0.717, 1.165) is 12.0 Å². The van der Waals surface area contributed by atoms with Crippen molar-refractivity contribution in [2.45, 2.75) is 19.4 Å². The molecule has 0 aromatic heterocycles. The Bertz CT molecular complexity index is 224. The molecular weight excluding hydrogens is 140 g/mol. The van der Waals surface area contributed by atoms with E-state index in [0.29, 0.717) is 0 Å². The van der Waals surface area contributed by atoms with Crippen LogP contribution in [-0.4, -0.2) is 16.3 Å². The highest BCUT2D eigenvalue weighted by atomic mass is 16.3. The van der Waals surface area contributed by atoms with Gasteiger partial charge in [0.05, 0.1) is 0 Å². The van der Waals surface area contributed by atoms with Crippen LogP contribution in [0.15, 0.2) is 35.6 Å². The average molecular weight is 152 g/mol. The molecule has 0 saturated carbocycles. The summed E-state index contributed by atoms with van der Waals surface area (Å²) in [4.78, 5) is 0. The number of rotatable bonds is 1. The fourth-order valence-corrected chi connectivity index (χ4v) is 0.926. The topological polar surface area (TPSA) is 40.5 Å². The van der Waals surface area contributed by atoms with Crippen molar-refractivity contribution in [3.8, 4) is 0 Å². The summed E-state index contributed by atoms with van der Waals surface area (Å²) in [5.74, 6) is 0.0202. The molecule has 1 aliphatic rings. The van der Waals surface area contributed by atoms with Crippen LogP contribution in [0.1, 0.15) is 13.3 Å². The van der Waals surface area contributed by atoms with Crippen molar-refractivity contribution in [2.24, 2.45) is 0 Å². The average Bonchev–Trinajstić information content (AvgIpc) is 2.15. The molecule has 1 aliphatic carbocycles. The molecule has 0 saturated heterocycles. The largest absolute Gasteiger partial charge is 0.509 e. The van der Waals surface area contributed by atoms with Gasteiger partial charge in [0, 0.05) is 0 Å². The molecule has 0 aromatic rings. The van der Waals surface area contributed by atoms with Gasteiger partial charge in [-0.1, -0.05) is 19.1 Å². The second kappa shape index (κ2) is 3.39. The van der Waals surface area contributed by atoms with Crippen LogP contribution in [0.2, 0.25) is 0 Å². The number of hydrogen-bond acceptors (Lipinski definition) is 2. The Morgan fingerprint density at radius 2 is 2.27 bits per heavy atom. The van der Waals surface area contributed by atoms with E-state index >= 15 is 0 Å². The first kappa shape index (κ1) is 8.08. The molecule has 2 N–H and O–H groups in total. The molecule has 0 fully saturated rings. The van der Waals surface area contributed by atoms with Crippen LogP contribution in [-0.2, 0) is 0 Å². The van der Waals surface area contributed by atoms with E-state index in [1.807, 2.05) is 13.0 Å². The Balaban J connectivity index is 2.87. The fraction of sp³-hybridized carbons (Fsp3) is 0.333. The fourth-order valence-electron chi connectivity index (χ4n) is 0.926. The highest BCUT2D eigenvalue weighted by Gasteiger charge is 2.06. The minimum atomic E-state index is -0.838. The maximum atomic E-state index is 9.18. The second-order valence-electron chi connectivity index (χ2n) is 2.49. The van der Waals surface area contributed by atoms with Crippen molar-refractivity contribution in [2.75, 3.05) is 0 Å². The van der Waals surface area contributed by atoms with E-state index in [9.17, 15) is 5.11 Å². The van der Waals surface area contributed by atoms with Gasteiger partial charge in [-0.3, -0.25) is 0 Å². The lowest BCUT2D eigenvalue weighted by Gasteiger charge is -2.01. The molecule has 0 aliphatic heterocycles. The number of aliphatic hydroxyl groups is 2. The lowest BCUT2D eigenvalue weighted by molar-refractivity contribution is 0.193. The third kappa shape index (κ3) is 1.95. The summed E-state index contributed by atoms with van der Waals surface area (Å²) in [6.07, 6.45) is 6.81. The smallest absolute Gasteiger partial charge is 0.129 e. The molecule has 60 valence electrons. The lowest BCUT2D eigenvalue weighted by Crippen LogP contribution is -2.04. The first-order valence-corrected chi connectivity index (χ1v) is 3.70. The zero-order valence-corrected chi connectivity index (χ0v) is 6.49. The Morgan fingerprint density at radius 3 is 2.91 bits per heavy atom. The van der Waals surface area contributed by atoms with Gasteiger partial charge in [-0.05, 0) is 24.1 Å². The maximum absolute atomic E-state index is 9.18. The summed E-state index contributed by atoms with van der Waals surface area (Å²) in [6.45, 7) is 2.00. The molecule has 0 amide bonds. The van der Waals surface area contributed by atoms with Crippen molar-refractivity contribution in [3.63, 3.8) is 0 Å². The number of aliphatic hydroxyl groups excluding tert-OH is 2. The van der Waals surface area contributed by atoms with Crippen LogP contribution in [0.4, 0.5) is 0 Å². The molecule has 1 atom stereocenters. The Labute approximate surface area is 66.2 Å². The van der Waals surface area contributed by atoms with Gasteiger partial charge in [0.2, 0.25) is 0 Å². The third-order valence-electron chi connectivity index (χ3n) is 1.65. The number of allylic oxidation sites excluding steroid dienone is 4. The molecule has 2 nitrogen and oxygen atoms in total. The second-order valence-corrected chi connectivity index (χ2v) is 2.49. The molecular formula is C9H12O2. The highest BCUT2D eigenvalue weighted by molar-refractivity contribution is 5.31. The monoisotopic (exact) mass is 152 g/mol. The van der Waals surface area contributed by atoms with E-state index in [-0.39, 0.29) is 5.76 Å². The van der Waals surface area contributed by atoms with Gasteiger partial charge in [-0.15, -0.1) is 0 Å². The first-order valence-electron chi connectivity index (χ1n) is 3.70.